The second kappa shape index (κ2) is 7.01. The van der Waals surface area contributed by atoms with Crippen LogP contribution in [0.15, 0.2) is 40.6 Å². The Morgan fingerprint density at radius 1 is 1.54 bits per heavy atom. The SMILES string of the molecule is C=CCn1c(O)c(C=Nc2ccc([N+](=O)[O-])c(C)c2)c(=O)[nH]c1=S. The third kappa shape index (κ3) is 3.46. The second-order valence-corrected chi connectivity index (χ2v) is 5.27. The average Bonchev–Trinajstić information content (AvgIpc) is 2.50. The summed E-state index contributed by atoms with van der Waals surface area (Å²) in [6.45, 7) is 5.37. The van der Waals surface area contributed by atoms with Crippen molar-refractivity contribution in [2.75, 3.05) is 0 Å². The fourth-order valence-electron chi connectivity index (χ4n) is 2.05. The Kier molecular flexibility index (Phi) is 5.05. The number of aliphatic imine (C=N–C) groups is 1. The van der Waals surface area contributed by atoms with E-state index in [-0.39, 0.29) is 28.4 Å². The first-order chi connectivity index (χ1) is 11.3. The van der Waals surface area contributed by atoms with Crippen molar-refractivity contribution in [1.82, 2.24) is 9.55 Å². The number of nitrogens with zero attached hydrogens (tertiary/aromatic N) is 3. The molecule has 8 nitrogen and oxygen atoms in total. The Hall–Kier alpha value is -3.07. The molecule has 9 heteroatoms. The van der Waals surface area contributed by atoms with Gasteiger partial charge in [0.1, 0.15) is 5.56 Å². The number of aryl methyl sites for hydroxylation is 1. The van der Waals surface area contributed by atoms with Crippen LogP contribution >= 0.6 is 12.2 Å². The van der Waals surface area contributed by atoms with Gasteiger partial charge < -0.3 is 5.11 Å². The van der Waals surface area contributed by atoms with Gasteiger partial charge in [0.25, 0.3) is 11.2 Å². The van der Waals surface area contributed by atoms with Crippen molar-refractivity contribution in [3.63, 3.8) is 0 Å². The van der Waals surface area contributed by atoms with Crippen molar-refractivity contribution in [2.24, 2.45) is 4.99 Å². The van der Waals surface area contributed by atoms with Crippen LogP contribution in [0.25, 0.3) is 0 Å². The van der Waals surface area contributed by atoms with Gasteiger partial charge in [-0.05, 0) is 31.3 Å². The van der Waals surface area contributed by atoms with Crippen molar-refractivity contribution in [3.8, 4) is 5.88 Å². The molecule has 0 aliphatic heterocycles. The van der Waals surface area contributed by atoms with E-state index < -0.39 is 10.5 Å². The zero-order chi connectivity index (χ0) is 17.9. The minimum absolute atomic E-state index is 0.0195. The molecule has 0 fully saturated rings. The molecular formula is C15H14N4O4S. The predicted octanol–water partition coefficient (Wildman–Crippen LogP) is 2.76. The first-order valence-electron chi connectivity index (χ1n) is 6.81. The summed E-state index contributed by atoms with van der Waals surface area (Å²) in [6.07, 6.45) is 2.71. The quantitative estimate of drug-likeness (QED) is 0.284. The van der Waals surface area contributed by atoms with Crippen LogP contribution < -0.4 is 5.56 Å². The number of benzene rings is 1. The van der Waals surface area contributed by atoms with E-state index in [1.54, 1.807) is 6.92 Å². The van der Waals surface area contributed by atoms with Crippen LogP contribution in [0, 0.1) is 21.8 Å². The van der Waals surface area contributed by atoms with E-state index in [2.05, 4.69) is 16.6 Å². The Bertz CT molecular complexity index is 959. The Morgan fingerprint density at radius 2 is 2.25 bits per heavy atom. The molecule has 2 rings (SSSR count). The van der Waals surface area contributed by atoms with Crippen molar-refractivity contribution < 1.29 is 10.0 Å². The molecule has 2 N–H and O–H groups in total. The van der Waals surface area contributed by atoms with Gasteiger partial charge in [-0.1, -0.05) is 6.08 Å². The molecule has 2 aromatic rings. The predicted molar refractivity (Wildman–Crippen MR) is 92.8 cm³/mol. The number of hydrogen-bond acceptors (Lipinski definition) is 6. The molecule has 0 atom stereocenters. The summed E-state index contributed by atoms with van der Waals surface area (Å²) in [5.74, 6) is -0.328. The van der Waals surface area contributed by atoms with E-state index >= 15 is 0 Å². The molecule has 0 amide bonds. The molecule has 0 saturated heterocycles. The lowest BCUT2D eigenvalue weighted by molar-refractivity contribution is -0.385. The highest BCUT2D eigenvalue weighted by Gasteiger charge is 2.11. The van der Waals surface area contributed by atoms with Crippen LogP contribution in [0.3, 0.4) is 0 Å². The van der Waals surface area contributed by atoms with E-state index in [0.29, 0.717) is 11.3 Å². The average molecular weight is 346 g/mol. The summed E-state index contributed by atoms with van der Waals surface area (Å²) in [4.78, 5) is 28.8. The normalized spacial score (nSPS) is 10.9. The molecule has 0 bridgehead atoms. The van der Waals surface area contributed by atoms with Crippen LogP contribution in [0.2, 0.25) is 0 Å². The largest absolute Gasteiger partial charge is 0.494 e. The van der Waals surface area contributed by atoms with Gasteiger partial charge in [-0.3, -0.25) is 29.5 Å². The molecule has 24 heavy (non-hydrogen) atoms. The minimum atomic E-state index is -0.583. The number of nitro groups is 1. The van der Waals surface area contributed by atoms with Gasteiger partial charge in [0.15, 0.2) is 4.77 Å². The van der Waals surface area contributed by atoms with Crippen molar-refractivity contribution in [1.29, 1.82) is 0 Å². The second-order valence-electron chi connectivity index (χ2n) is 4.88. The number of aromatic nitrogens is 2. The maximum absolute atomic E-state index is 11.9. The summed E-state index contributed by atoms with van der Waals surface area (Å²) >= 11 is 4.98. The van der Waals surface area contributed by atoms with Gasteiger partial charge in [0.2, 0.25) is 5.88 Å². The van der Waals surface area contributed by atoms with Gasteiger partial charge in [0, 0.05) is 24.4 Å². The number of aromatic hydroxyl groups is 1. The standard InChI is InChI=1S/C15H14N4O4S/c1-3-6-18-14(21)11(13(20)17-15(18)24)8-16-10-4-5-12(19(22)23)9(2)7-10/h3-5,7-8,21H,1,6H2,2H3,(H,17,20,24). The van der Waals surface area contributed by atoms with Gasteiger partial charge in [-0.2, -0.15) is 0 Å². The number of hydrogen-bond donors (Lipinski definition) is 2. The molecule has 1 heterocycles. The van der Waals surface area contributed by atoms with Crippen LogP contribution in [0.5, 0.6) is 5.88 Å². The third-order valence-corrected chi connectivity index (χ3v) is 3.56. The van der Waals surface area contributed by atoms with Crippen LogP contribution in [0.4, 0.5) is 11.4 Å². The molecule has 0 spiro atoms. The number of aromatic amines is 1. The topological polar surface area (TPSA) is 114 Å². The Morgan fingerprint density at radius 3 is 2.83 bits per heavy atom. The molecular weight excluding hydrogens is 332 g/mol. The molecule has 124 valence electrons. The highest BCUT2D eigenvalue weighted by Crippen LogP contribution is 2.23. The van der Waals surface area contributed by atoms with Crippen LogP contribution in [0.1, 0.15) is 11.1 Å². The number of H-pyrrole nitrogens is 1. The molecule has 0 unspecified atom stereocenters. The van der Waals surface area contributed by atoms with Crippen LogP contribution in [-0.4, -0.2) is 25.8 Å². The first kappa shape index (κ1) is 17.3. The molecule has 0 saturated carbocycles. The third-order valence-electron chi connectivity index (χ3n) is 3.24. The lowest BCUT2D eigenvalue weighted by Crippen LogP contribution is -2.18. The Labute approximate surface area is 141 Å². The molecule has 1 aromatic heterocycles. The monoisotopic (exact) mass is 346 g/mol. The van der Waals surface area contributed by atoms with Gasteiger partial charge in [-0.15, -0.1) is 6.58 Å². The van der Waals surface area contributed by atoms with Crippen LogP contribution in [-0.2, 0) is 6.54 Å². The van der Waals surface area contributed by atoms with E-state index in [1.165, 1.54) is 35.1 Å². The summed E-state index contributed by atoms with van der Waals surface area (Å²) in [5.41, 5.74) is 0.181. The highest BCUT2D eigenvalue weighted by molar-refractivity contribution is 7.71. The number of rotatable bonds is 5. The summed E-state index contributed by atoms with van der Waals surface area (Å²) in [6, 6.07) is 4.29. The number of allylic oxidation sites excluding steroid dienone is 1. The lowest BCUT2D eigenvalue weighted by Gasteiger charge is -2.08. The zero-order valence-corrected chi connectivity index (χ0v) is 13.5. The highest BCUT2D eigenvalue weighted by atomic mass is 32.1. The van der Waals surface area contributed by atoms with Gasteiger partial charge in [0.05, 0.1) is 10.6 Å². The fraction of sp³-hybridized carbons (Fsp3) is 0.133. The fourth-order valence-corrected chi connectivity index (χ4v) is 2.31. The summed E-state index contributed by atoms with van der Waals surface area (Å²) in [5, 5.41) is 21.0. The minimum Gasteiger partial charge on any atom is -0.494 e. The smallest absolute Gasteiger partial charge is 0.272 e. The maximum Gasteiger partial charge on any atom is 0.272 e. The number of nitrogens with one attached hydrogen (secondary N) is 1. The van der Waals surface area contributed by atoms with E-state index in [9.17, 15) is 20.0 Å². The van der Waals surface area contributed by atoms with E-state index in [1.807, 2.05) is 0 Å². The van der Waals surface area contributed by atoms with E-state index in [4.69, 9.17) is 12.2 Å². The van der Waals surface area contributed by atoms with Gasteiger partial charge >= 0.3 is 0 Å². The zero-order valence-electron chi connectivity index (χ0n) is 12.7. The molecule has 0 aliphatic carbocycles. The number of nitro benzene ring substituents is 1. The molecule has 0 aliphatic rings. The van der Waals surface area contributed by atoms with Gasteiger partial charge in [-0.25, -0.2) is 0 Å². The van der Waals surface area contributed by atoms with Crippen molar-refractivity contribution in [3.05, 3.63) is 67.2 Å². The summed E-state index contributed by atoms with van der Waals surface area (Å²) < 4.78 is 1.37. The summed E-state index contributed by atoms with van der Waals surface area (Å²) in [7, 11) is 0. The van der Waals surface area contributed by atoms with E-state index in [0.717, 1.165) is 0 Å². The first-order valence-corrected chi connectivity index (χ1v) is 7.22. The maximum atomic E-state index is 11.9. The molecule has 0 radical (unpaired) electrons. The Balaban J connectivity index is 2.46. The molecule has 1 aromatic carbocycles. The van der Waals surface area contributed by atoms with Crippen molar-refractivity contribution in [2.45, 2.75) is 13.5 Å². The lowest BCUT2D eigenvalue weighted by atomic mass is 10.2. The van der Waals surface area contributed by atoms with Crippen molar-refractivity contribution >= 4 is 29.8 Å².